The SMILES string of the molecule is CCc1ccc(NC(=O)c2cccc(-c3cnc(Oc4cccc(OC)c4)nc3)c2)cc1. The van der Waals surface area contributed by atoms with Gasteiger partial charge in [-0.3, -0.25) is 4.79 Å². The van der Waals surface area contributed by atoms with E-state index in [9.17, 15) is 4.79 Å². The van der Waals surface area contributed by atoms with Crippen molar-refractivity contribution in [2.75, 3.05) is 12.4 Å². The lowest BCUT2D eigenvalue weighted by Gasteiger charge is -2.09. The van der Waals surface area contributed by atoms with Gasteiger partial charge in [0.1, 0.15) is 11.5 Å². The second kappa shape index (κ2) is 9.75. The molecular weight excluding hydrogens is 402 g/mol. The summed E-state index contributed by atoms with van der Waals surface area (Å²) in [5.41, 5.74) is 4.17. The molecule has 1 aromatic heterocycles. The van der Waals surface area contributed by atoms with Crippen LogP contribution in [0.4, 0.5) is 5.69 Å². The average Bonchev–Trinajstić information content (AvgIpc) is 2.85. The van der Waals surface area contributed by atoms with Gasteiger partial charge in [0.25, 0.3) is 5.91 Å². The molecule has 0 saturated carbocycles. The molecule has 0 bridgehead atoms. The molecule has 32 heavy (non-hydrogen) atoms. The summed E-state index contributed by atoms with van der Waals surface area (Å²) in [5.74, 6) is 1.10. The number of carbonyl (C=O) groups excluding carboxylic acids is 1. The highest BCUT2D eigenvalue weighted by molar-refractivity contribution is 6.04. The largest absolute Gasteiger partial charge is 0.497 e. The van der Waals surface area contributed by atoms with Crippen molar-refractivity contribution in [1.82, 2.24) is 9.97 Å². The maximum atomic E-state index is 12.7. The molecule has 0 aliphatic rings. The first-order valence-electron chi connectivity index (χ1n) is 10.3. The number of aryl methyl sites for hydroxylation is 1. The molecule has 0 fully saturated rings. The van der Waals surface area contributed by atoms with E-state index < -0.39 is 0 Å². The molecule has 0 unspecified atom stereocenters. The van der Waals surface area contributed by atoms with Crippen LogP contribution < -0.4 is 14.8 Å². The summed E-state index contributed by atoms with van der Waals surface area (Å²) in [5, 5.41) is 2.93. The Morgan fingerprint density at radius 1 is 0.875 bits per heavy atom. The van der Waals surface area contributed by atoms with E-state index >= 15 is 0 Å². The van der Waals surface area contributed by atoms with E-state index in [1.807, 2.05) is 54.6 Å². The van der Waals surface area contributed by atoms with Crippen molar-refractivity contribution >= 4 is 11.6 Å². The number of carbonyl (C=O) groups is 1. The first-order valence-corrected chi connectivity index (χ1v) is 10.3. The molecule has 0 saturated heterocycles. The molecule has 4 rings (SSSR count). The van der Waals surface area contributed by atoms with Gasteiger partial charge in [-0.15, -0.1) is 0 Å². The van der Waals surface area contributed by atoms with E-state index in [4.69, 9.17) is 9.47 Å². The number of benzene rings is 3. The van der Waals surface area contributed by atoms with Crippen molar-refractivity contribution in [2.45, 2.75) is 13.3 Å². The van der Waals surface area contributed by atoms with Crippen molar-refractivity contribution in [2.24, 2.45) is 0 Å². The maximum absolute atomic E-state index is 12.7. The van der Waals surface area contributed by atoms with Crippen molar-refractivity contribution in [3.63, 3.8) is 0 Å². The van der Waals surface area contributed by atoms with Crippen LogP contribution >= 0.6 is 0 Å². The Morgan fingerprint density at radius 2 is 1.59 bits per heavy atom. The maximum Gasteiger partial charge on any atom is 0.321 e. The molecule has 3 aromatic carbocycles. The minimum atomic E-state index is -0.171. The second-order valence-electron chi connectivity index (χ2n) is 7.12. The highest BCUT2D eigenvalue weighted by atomic mass is 16.5. The highest BCUT2D eigenvalue weighted by Crippen LogP contribution is 2.25. The molecule has 1 N–H and O–H groups in total. The Balaban J connectivity index is 1.46. The van der Waals surface area contributed by atoms with Crippen LogP contribution in [0.1, 0.15) is 22.8 Å². The minimum Gasteiger partial charge on any atom is -0.497 e. The minimum absolute atomic E-state index is 0.171. The fourth-order valence-corrected chi connectivity index (χ4v) is 3.16. The topological polar surface area (TPSA) is 73.3 Å². The van der Waals surface area contributed by atoms with Gasteiger partial charge in [0.2, 0.25) is 0 Å². The Morgan fingerprint density at radius 3 is 2.31 bits per heavy atom. The number of hydrogen-bond donors (Lipinski definition) is 1. The van der Waals surface area contributed by atoms with Gasteiger partial charge in [-0.05, 0) is 53.9 Å². The Kier molecular flexibility index (Phi) is 6.41. The average molecular weight is 425 g/mol. The zero-order valence-corrected chi connectivity index (χ0v) is 17.9. The number of methoxy groups -OCH3 is 1. The summed E-state index contributed by atoms with van der Waals surface area (Å²) in [6.45, 7) is 2.10. The number of amides is 1. The second-order valence-corrected chi connectivity index (χ2v) is 7.12. The molecule has 1 amide bonds. The van der Waals surface area contributed by atoms with Crippen LogP contribution in [0, 0.1) is 0 Å². The molecule has 0 aliphatic heterocycles. The van der Waals surface area contributed by atoms with Gasteiger partial charge in [-0.2, -0.15) is 0 Å². The zero-order chi connectivity index (χ0) is 22.3. The van der Waals surface area contributed by atoms with Crippen LogP contribution in [0.15, 0.2) is 85.2 Å². The molecule has 0 aliphatic carbocycles. The van der Waals surface area contributed by atoms with Crippen LogP contribution in [0.5, 0.6) is 17.5 Å². The normalized spacial score (nSPS) is 10.4. The lowest BCUT2D eigenvalue weighted by molar-refractivity contribution is 0.102. The predicted molar refractivity (Wildman–Crippen MR) is 124 cm³/mol. The predicted octanol–water partition coefficient (Wildman–Crippen LogP) is 5.76. The van der Waals surface area contributed by atoms with E-state index in [0.717, 1.165) is 23.2 Å². The summed E-state index contributed by atoms with van der Waals surface area (Å²) in [6, 6.07) is 22.6. The third-order valence-electron chi connectivity index (χ3n) is 4.96. The van der Waals surface area contributed by atoms with Crippen LogP contribution in [0.2, 0.25) is 0 Å². The van der Waals surface area contributed by atoms with Gasteiger partial charge in [-0.1, -0.05) is 37.3 Å². The number of anilines is 1. The molecule has 0 spiro atoms. The van der Waals surface area contributed by atoms with Crippen LogP contribution in [-0.2, 0) is 6.42 Å². The van der Waals surface area contributed by atoms with E-state index in [1.54, 1.807) is 37.7 Å². The number of hydrogen-bond acceptors (Lipinski definition) is 5. The molecule has 160 valence electrons. The fraction of sp³-hybridized carbons (Fsp3) is 0.115. The molecule has 1 heterocycles. The van der Waals surface area contributed by atoms with E-state index in [1.165, 1.54) is 5.56 Å². The highest BCUT2D eigenvalue weighted by Gasteiger charge is 2.09. The van der Waals surface area contributed by atoms with E-state index in [0.29, 0.717) is 17.1 Å². The first-order chi connectivity index (χ1) is 15.6. The number of nitrogens with one attached hydrogen (secondary N) is 1. The number of rotatable bonds is 7. The molecular formula is C26H23N3O3. The smallest absolute Gasteiger partial charge is 0.321 e. The summed E-state index contributed by atoms with van der Waals surface area (Å²) < 4.78 is 10.9. The summed E-state index contributed by atoms with van der Waals surface area (Å²) in [4.78, 5) is 21.3. The Hall–Kier alpha value is -4.19. The third-order valence-corrected chi connectivity index (χ3v) is 4.96. The van der Waals surface area contributed by atoms with Gasteiger partial charge in [-0.25, -0.2) is 9.97 Å². The zero-order valence-electron chi connectivity index (χ0n) is 17.9. The molecule has 0 radical (unpaired) electrons. The lowest BCUT2D eigenvalue weighted by Crippen LogP contribution is -2.11. The summed E-state index contributed by atoms with van der Waals surface area (Å²) in [7, 11) is 1.60. The van der Waals surface area contributed by atoms with Crippen LogP contribution in [0.3, 0.4) is 0 Å². The molecule has 6 nitrogen and oxygen atoms in total. The number of ether oxygens (including phenoxy) is 2. The van der Waals surface area contributed by atoms with Gasteiger partial charge in [0, 0.05) is 35.3 Å². The Bertz CT molecular complexity index is 1210. The van der Waals surface area contributed by atoms with E-state index in [2.05, 4.69) is 22.2 Å². The van der Waals surface area contributed by atoms with Crippen molar-refractivity contribution < 1.29 is 14.3 Å². The van der Waals surface area contributed by atoms with Crippen LogP contribution in [0.25, 0.3) is 11.1 Å². The van der Waals surface area contributed by atoms with Gasteiger partial charge < -0.3 is 14.8 Å². The van der Waals surface area contributed by atoms with Crippen molar-refractivity contribution in [3.8, 4) is 28.6 Å². The molecule has 0 atom stereocenters. The number of nitrogens with zero attached hydrogens (tertiary/aromatic N) is 2. The van der Waals surface area contributed by atoms with Gasteiger partial charge in [0.15, 0.2) is 0 Å². The summed E-state index contributed by atoms with van der Waals surface area (Å²) >= 11 is 0. The first kappa shape index (κ1) is 21.1. The quantitative estimate of drug-likeness (QED) is 0.408. The molecule has 4 aromatic rings. The van der Waals surface area contributed by atoms with Crippen molar-refractivity contribution in [1.29, 1.82) is 0 Å². The molecule has 6 heteroatoms. The fourth-order valence-electron chi connectivity index (χ4n) is 3.16. The van der Waals surface area contributed by atoms with Crippen LogP contribution in [-0.4, -0.2) is 23.0 Å². The Labute approximate surface area is 186 Å². The van der Waals surface area contributed by atoms with Gasteiger partial charge in [0.05, 0.1) is 7.11 Å². The van der Waals surface area contributed by atoms with E-state index in [-0.39, 0.29) is 11.9 Å². The summed E-state index contributed by atoms with van der Waals surface area (Å²) in [6.07, 6.45) is 4.30. The standard InChI is InChI=1S/C26H23N3O3/c1-3-18-10-12-22(13-11-18)29-25(30)20-7-4-6-19(14-20)21-16-27-26(28-17-21)32-24-9-5-8-23(15-24)31-2/h4-17H,3H2,1-2H3,(H,29,30). The monoisotopic (exact) mass is 425 g/mol. The number of aromatic nitrogens is 2. The lowest BCUT2D eigenvalue weighted by atomic mass is 10.1. The third kappa shape index (κ3) is 5.10. The van der Waals surface area contributed by atoms with Crippen molar-refractivity contribution in [3.05, 3.63) is 96.3 Å². The van der Waals surface area contributed by atoms with Gasteiger partial charge >= 0.3 is 6.01 Å².